The number of rotatable bonds is 4. The number of hydrogen-bond acceptors (Lipinski definition) is 2. The van der Waals surface area contributed by atoms with Gasteiger partial charge < -0.3 is 10.2 Å². The molecule has 2 nitrogen and oxygen atoms in total. The van der Waals surface area contributed by atoms with Crippen LogP contribution in [0.4, 0.5) is 0 Å². The Balaban J connectivity index is 1.63. The van der Waals surface area contributed by atoms with Crippen molar-refractivity contribution in [1.82, 2.24) is 10.2 Å². The molecule has 100 valence electrons. The fourth-order valence-electron chi connectivity index (χ4n) is 3.27. The van der Waals surface area contributed by atoms with E-state index in [0.29, 0.717) is 0 Å². The first-order valence-electron chi connectivity index (χ1n) is 7.69. The molecule has 2 fully saturated rings. The second-order valence-corrected chi connectivity index (χ2v) is 6.40. The van der Waals surface area contributed by atoms with E-state index in [-0.39, 0.29) is 0 Å². The van der Waals surface area contributed by atoms with Crippen LogP contribution >= 0.6 is 0 Å². The van der Waals surface area contributed by atoms with Crippen molar-refractivity contribution in [3.63, 3.8) is 0 Å². The van der Waals surface area contributed by atoms with Crippen LogP contribution in [0.5, 0.6) is 0 Å². The van der Waals surface area contributed by atoms with Crippen molar-refractivity contribution < 1.29 is 0 Å². The lowest BCUT2D eigenvalue weighted by molar-refractivity contribution is 0.167. The van der Waals surface area contributed by atoms with Crippen LogP contribution in [0, 0.1) is 17.8 Å². The van der Waals surface area contributed by atoms with Gasteiger partial charge in [0.1, 0.15) is 0 Å². The molecule has 2 aliphatic rings. The molecule has 0 saturated carbocycles. The van der Waals surface area contributed by atoms with Crippen molar-refractivity contribution in [2.45, 2.75) is 46.0 Å². The average molecular weight is 238 g/mol. The van der Waals surface area contributed by atoms with Crippen LogP contribution in [-0.2, 0) is 0 Å². The van der Waals surface area contributed by atoms with E-state index >= 15 is 0 Å². The smallest absolute Gasteiger partial charge is 0.00161 e. The molecule has 0 aromatic rings. The van der Waals surface area contributed by atoms with Gasteiger partial charge in [0.25, 0.3) is 0 Å². The summed E-state index contributed by atoms with van der Waals surface area (Å²) in [6.45, 7) is 11.4. The lowest BCUT2D eigenvalue weighted by Gasteiger charge is -2.33. The van der Waals surface area contributed by atoms with Crippen LogP contribution in [0.2, 0.25) is 0 Å². The number of nitrogens with one attached hydrogen (secondary N) is 1. The summed E-state index contributed by atoms with van der Waals surface area (Å²) in [7, 11) is 0. The van der Waals surface area contributed by atoms with Gasteiger partial charge in [-0.3, -0.25) is 0 Å². The van der Waals surface area contributed by atoms with Crippen LogP contribution in [0.25, 0.3) is 0 Å². The molecule has 2 aliphatic heterocycles. The minimum absolute atomic E-state index is 0.905. The van der Waals surface area contributed by atoms with Crippen molar-refractivity contribution in [2.75, 3.05) is 32.7 Å². The summed E-state index contributed by atoms with van der Waals surface area (Å²) in [4.78, 5) is 2.69. The quantitative estimate of drug-likeness (QED) is 0.810. The Bertz CT molecular complexity index is 203. The Labute approximate surface area is 107 Å². The first-order chi connectivity index (χ1) is 8.25. The molecule has 0 bridgehead atoms. The molecule has 0 radical (unpaired) electrons. The van der Waals surface area contributed by atoms with Gasteiger partial charge in [-0.2, -0.15) is 0 Å². The highest BCUT2D eigenvalue weighted by Gasteiger charge is 2.21. The molecular formula is C15H30N2. The van der Waals surface area contributed by atoms with Gasteiger partial charge in [0, 0.05) is 0 Å². The Hall–Kier alpha value is -0.0800. The van der Waals surface area contributed by atoms with Gasteiger partial charge in [-0.05, 0) is 82.6 Å². The highest BCUT2D eigenvalue weighted by molar-refractivity contribution is 4.76. The van der Waals surface area contributed by atoms with Gasteiger partial charge in [-0.25, -0.2) is 0 Å². The minimum Gasteiger partial charge on any atom is -0.316 e. The highest BCUT2D eigenvalue weighted by atomic mass is 15.1. The molecule has 2 unspecified atom stereocenters. The molecule has 2 heteroatoms. The summed E-state index contributed by atoms with van der Waals surface area (Å²) in [5.74, 6) is 2.81. The maximum atomic E-state index is 3.55. The maximum Gasteiger partial charge on any atom is -0.00161 e. The van der Waals surface area contributed by atoms with E-state index < -0.39 is 0 Å². The standard InChI is InChI=1S/C15H30N2/c1-13-5-9-17(10-6-13)11-7-14(2)15-4-3-8-16-12-15/h13-16H,3-12H2,1-2H3. The zero-order valence-electron chi connectivity index (χ0n) is 11.8. The summed E-state index contributed by atoms with van der Waals surface area (Å²) in [5.41, 5.74) is 0. The summed E-state index contributed by atoms with van der Waals surface area (Å²) in [6.07, 6.45) is 7.07. The average Bonchev–Trinajstić information content (AvgIpc) is 2.39. The first-order valence-corrected chi connectivity index (χ1v) is 7.69. The minimum atomic E-state index is 0.905. The lowest BCUT2D eigenvalue weighted by atomic mass is 9.85. The van der Waals surface area contributed by atoms with Crippen molar-refractivity contribution >= 4 is 0 Å². The second-order valence-electron chi connectivity index (χ2n) is 6.40. The third-order valence-electron chi connectivity index (χ3n) is 4.92. The number of hydrogen-bond donors (Lipinski definition) is 1. The Morgan fingerprint density at radius 1 is 1.24 bits per heavy atom. The van der Waals surface area contributed by atoms with Crippen molar-refractivity contribution in [1.29, 1.82) is 0 Å². The SMILES string of the molecule is CC1CCN(CCC(C)C2CCCNC2)CC1. The molecule has 0 spiro atoms. The zero-order valence-corrected chi connectivity index (χ0v) is 11.8. The van der Waals surface area contributed by atoms with Crippen molar-refractivity contribution in [2.24, 2.45) is 17.8 Å². The molecule has 0 aromatic heterocycles. The maximum absolute atomic E-state index is 3.55. The van der Waals surface area contributed by atoms with Crippen LogP contribution in [0.3, 0.4) is 0 Å². The molecule has 0 amide bonds. The fourth-order valence-corrected chi connectivity index (χ4v) is 3.27. The molecule has 17 heavy (non-hydrogen) atoms. The molecule has 1 N–H and O–H groups in total. The van der Waals surface area contributed by atoms with Crippen LogP contribution < -0.4 is 5.32 Å². The second kappa shape index (κ2) is 6.75. The molecule has 2 saturated heterocycles. The number of likely N-dealkylation sites (tertiary alicyclic amines) is 1. The largest absolute Gasteiger partial charge is 0.316 e. The predicted molar refractivity (Wildman–Crippen MR) is 74.2 cm³/mol. The molecule has 2 rings (SSSR count). The molecule has 0 aliphatic carbocycles. The number of nitrogens with zero attached hydrogens (tertiary/aromatic N) is 1. The van der Waals surface area contributed by atoms with Gasteiger partial charge in [-0.1, -0.05) is 13.8 Å². The Kier molecular flexibility index (Phi) is 5.30. The summed E-state index contributed by atoms with van der Waals surface area (Å²) in [6, 6.07) is 0. The van der Waals surface area contributed by atoms with E-state index in [1.54, 1.807) is 0 Å². The monoisotopic (exact) mass is 238 g/mol. The zero-order chi connectivity index (χ0) is 12.1. The van der Waals surface area contributed by atoms with Gasteiger partial charge in [0.2, 0.25) is 0 Å². The van der Waals surface area contributed by atoms with E-state index in [4.69, 9.17) is 0 Å². The predicted octanol–water partition coefficient (Wildman–Crippen LogP) is 2.74. The van der Waals surface area contributed by atoms with E-state index in [0.717, 1.165) is 17.8 Å². The summed E-state index contributed by atoms with van der Waals surface area (Å²) < 4.78 is 0. The third kappa shape index (κ3) is 4.26. The topological polar surface area (TPSA) is 15.3 Å². The summed E-state index contributed by atoms with van der Waals surface area (Å²) >= 11 is 0. The van der Waals surface area contributed by atoms with Gasteiger partial charge in [0.05, 0.1) is 0 Å². The van der Waals surface area contributed by atoms with Gasteiger partial charge in [0.15, 0.2) is 0 Å². The highest BCUT2D eigenvalue weighted by Crippen LogP contribution is 2.24. The summed E-state index contributed by atoms with van der Waals surface area (Å²) in [5, 5.41) is 3.55. The number of piperidine rings is 2. The van der Waals surface area contributed by atoms with E-state index in [1.807, 2.05) is 0 Å². The lowest BCUT2D eigenvalue weighted by Crippen LogP contribution is -2.37. The van der Waals surface area contributed by atoms with Crippen LogP contribution in [0.15, 0.2) is 0 Å². The molecule has 2 atom stereocenters. The van der Waals surface area contributed by atoms with Gasteiger partial charge >= 0.3 is 0 Å². The fraction of sp³-hybridized carbons (Fsp3) is 1.00. The van der Waals surface area contributed by atoms with E-state index in [2.05, 4.69) is 24.1 Å². The van der Waals surface area contributed by atoms with Gasteiger partial charge in [-0.15, -0.1) is 0 Å². The molecule has 0 aromatic carbocycles. The normalized spacial score (nSPS) is 30.4. The van der Waals surface area contributed by atoms with Crippen LogP contribution in [0.1, 0.15) is 46.0 Å². The first kappa shape index (κ1) is 13.4. The van der Waals surface area contributed by atoms with E-state index in [1.165, 1.54) is 64.8 Å². The van der Waals surface area contributed by atoms with Crippen molar-refractivity contribution in [3.05, 3.63) is 0 Å². The van der Waals surface area contributed by atoms with E-state index in [9.17, 15) is 0 Å². The molecule has 2 heterocycles. The Morgan fingerprint density at radius 2 is 2.00 bits per heavy atom. The third-order valence-corrected chi connectivity index (χ3v) is 4.92. The van der Waals surface area contributed by atoms with Crippen molar-refractivity contribution in [3.8, 4) is 0 Å². The molecular weight excluding hydrogens is 208 g/mol. The van der Waals surface area contributed by atoms with Crippen LogP contribution in [-0.4, -0.2) is 37.6 Å². The Morgan fingerprint density at radius 3 is 2.65 bits per heavy atom.